The molecule has 0 saturated heterocycles. The molecule has 0 aliphatic heterocycles. The predicted molar refractivity (Wildman–Crippen MR) is 123 cm³/mol. The van der Waals surface area contributed by atoms with Gasteiger partial charge < -0.3 is 14.3 Å². The van der Waals surface area contributed by atoms with Gasteiger partial charge in [0.05, 0.1) is 13.2 Å². The maximum absolute atomic E-state index is 11.9. The Balaban J connectivity index is 1.38. The Morgan fingerprint density at radius 3 is 2.41 bits per heavy atom. The Labute approximate surface area is 190 Å². The molecule has 32 heavy (non-hydrogen) atoms. The predicted octanol–water partition coefficient (Wildman–Crippen LogP) is 4.79. The maximum atomic E-state index is 11.9. The van der Waals surface area contributed by atoms with Crippen molar-refractivity contribution in [3.63, 3.8) is 0 Å². The number of para-hydroxylation sites is 1. The third-order valence-corrected chi connectivity index (χ3v) is 6.30. The summed E-state index contributed by atoms with van der Waals surface area (Å²) in [5.41, 5.74) is -0.414. The first-order valence-corrected chi connectivity index (χ1v) is 11.6. The van der Waals surface area contributed by atoms with Gasteiger partial charge in [-0.1, -0.05) is 67.8 Å². The molecule has 6 nitrogen and oxygen atoms in total. The minimum absolute atomic E-state index is 0.0832. The van der Waals surface area contributed by atoms with Gasteiger partial charge in [-0.2, -0.15) is 0 Å². The van der Waals surface area contributed by atoms with Crippen LogP contribution < -0.4 is 4.74 Å². The summed E-state index contributed by atoms with van der Waals surface area (Å²) < 4.78 is 11.8. The van der Waals surface area contributed by atoms with E-state index in [2.05, 4.69) is 15.1 Å². The second kappa shape index (κ2) is 10.7. The largest absolute Gasteiger partial charge is 0.494 e. The van der Waals surface area contributed by atoms with Crippen molar-refractivity contribution in [2.45, 2.75) is 50.7 Å². The molecule has 0 bridgehead atoms. The minimum atomic E-state index is -1.24. The molecule has 1 aromatic heterocycles. The van der Waals surface area contributed by atoms with Gasteiger partial charge in [0.1, 0.15) is 5.75 Å². The third kappa shape index (κ3) is 5.37. The van der Waals surface area contributed by atoms with Crippen LogP contribution >= 0.6 is 0 Å². The van der Waals surface area contributed by atoms with E-state index in [9.17, 15) is 5.11 Å². The van der Waals surface area contributed by atoms with Crippen molar-refractivity contribution in [1.29, 1.82) is 0 Å². The van der Waals surface area contributed by atoms with Crippen LogP contribution in [-0.4, -0.2) is 40.4 Å². The highest BCUT2D eigenvalue weighted by Gasteiger charge is 2.45. The number of aliphatic hydroxyl groups is 1. The van der Waals surface area contributed by atoms with Crippen molar-refractivity contribution in [2.75, 3.05) is 20.2 Å². The van der Waals surface area contributed by atoms with Crippen molar-refractivity contribution in [3.05, 3.63) is 78.0 Å². The molecule has 1 unspecified atom stereocenters. The maximum Gasteiger partial charge on any atom is 0.252 e. The van der Waals surface area contributed by atoms with Crippen molar-refractivity contribution in [2.24, 2.45) is 5.92 Å². The van der Waals surface area contributed by atoms with Crippen molar-refractivity contribution in [1.82, 2.24) is 15.1 Å². The lowest BCUT2D eigenvalue weighted by Crippen LogP contribution is -2.38. The van der Waals surface area contributed by atoms with Crippen LogP contribution in [-0.2, 0) is 12.1 Å². The number of nitrogens with zero attached hydrogens (tertiary/aromatic N) is 3. The quantitative estimate of drug-likeness (QED) is 0.462. The third-order valence-electron chi connectivity index (χ3n) is 6.30. The molecule has 6 heteroatoms. The Morgan fingerprint density at radius 1 is 1.00 bits per heavy atom. The van der Waals surface area contributed by atoms with Crippen LogP contribution in [0.25, 0.3) is 0 Å². The zero-order valence-corrected chi connectivity index (χ0v) is 18.8. The van der Waals surface area contributed by atoms with Crippen molar-refractivity contribution >= 4 is 0 Å². The number of aromatic nitrogens is 2. The summed E-state index contributed by atoms with van der Waals surface area (Å²) in [6.45, 7) is 2.03. The number of hydrogen-bond donors (Lipinski definition) is 1. The van der Waals surface area contributed by atoms with Crippen LogP contribution in [0.15, 0.2) is 65.1 Å². The molecule has 3 aromatic rings. The first-order chi connectivity index (χ1) is 15.7. The molecule has 2 aromatic carbocycles. The van der Waals surface area contributed by atoms with Gasteiger partial charge in [-0.25, -0.2) is 0 Å². The molecule has 0 amide bonds. The van der Waals surface area contributed by atoms with Gasteiger partial charge in [-0.3, -0.25) is 4.90 Å². The number of rotatable bonds is 10. The molecule has 1 N–H and O–H groups in total. The van der Waals surface area contributed by atoms with Gasteiger partial charge in [0, 0.05) is 12.5 Å². The first-order valence-electron chi connectivity index (χ1n) is 11.6. The molecule has 1 atom stereocenters. The van der Waals surface area contributed by atoms with Gasteiger partial charge in [0.2, 0.25) is 5.89 Å². The summed E-state index contributed by atoms with van der Waals surface area (Å²) in [5, 5.41) is 20.5. The fourth-order valence-electron chi connectivity index (χ4n) is 4.57. The molecule has 1 saturated carbocycles. The number of hydrogen-bond acceptors (Lipinski definition) is 6. The minimum Gasteiger partial charge on any atom is -0.494 e. The molecule has 1 fully saturated rings. The summed E-state index contributed by atoms with van der Waals surface area (Å²) in [6, 6.07) is 19.6. The lowest BCUT2D eigenvalue weighted by molar-refractivity contribution is -0.0243. The summed E-state index contributed by atoms with van der Waals surface area (Å²) in [7, 11) is 2.02. The van der Waals surface area contributed by atoms with Crippen molar-refractivity contribution < 1.29 is 14.3 Å². The molecule has 0 radical (unpaired) electrons. The van der Waals surface area contributed by atoms with Crippen LogP contribution in [0.3, 0.4) is 0 Å². The normalized spacial score (nSPS) is 16.7. The SMILES string of the molecule is CN(CCCOc1ccccc1)Cc1nnc(C(O)(c2ccccc2)C2CCCCC2)o1. The fourth-order valence-corrected chi connectivity index (χ4v) is 4.57. The summed E-state index contributed by atoms with van der Waals surface area (Å²) >= 11 is 0. The number of ether oxygens (including phenoxy) is 1. The van der Waals surface area contributed by atoms with Gasteiger partial charge in [-0.15, -0.1) is 10.2 Å². The smallest absolute Gasteiger partial charge is 0.252 e. The monoisotopic (exact) mass is 435 g/mol. The standard InChI is InChI=1S/C26H33N3O3/c1-29(18-11-19-31-23-16-9-4-10-17-23)20-24-27-28-25(32-24)26(30,21-12-5-2-6-13-21)22-14-7-3-8-15-22/h2,4-6,9-10,12-13,16-17,22,30H,3,7-8,11,14-15,18-20H2,1H3. The van der Waals surface area contributed by atoms with Crippen molar-refractivity contribution in [3.8, 4) is 5.75 Å². The van der Waals surface area contributed by atoms with Crippen LogP contribution in [0.4, 0.5) is 0 Å². The van der Waals surface area contributed by atoms with E-state index in [4.69, 9.17) is 9.15 Å². The first kappa shape index (κ1) is 22.5. The molecule has 170 valence electrons. The highest BCUT2D eigenvalue weighted by molar-refractivity contribution is 5.29. The molecular weight excluding hydrogens is 402 g/mol. The summed E-state index contributed by atoms with van der Waals surface area (Å²) in [5.74, 6) is 1.81. The fraction of sp³-hybridized carbons (Fsp3) is 0.462. The van der Waals surface area contributed by atoms with Gasteiger partial charge in [0.15, 0.2) is 5.60 Å². The van der Waals surface area contributed by atoms with Crippen LogP contribution in [0.1, 0.15) is 55.9 Å². The van der Waals surface area contributed by atoms with Crippen LogP contribution in [0.2, 0.25) is 0 Å². The Bertz CT molecular complexity index is 941. The van der Waals surface area contributed by atoms with E-state index >= 15 is 0 Å². The molecule has 1 aliphatic carbocycles. The van der Waals surface area contributed by atoms with E-state index in [0.29, 0.717) is 24.9 Å². The molecule has 0 spiro atoms. The topological polar surface area (TPSA) is 71.6 Å². The number of benzene rings is 2. The lowest BCUT2D eigenvalue weighted by Gasteiger charge is -2.36. The summed E-state index contributed by atoms with van der Waals surface area (Å²) in [4.78, 5) is 2.13. The van der Waals surface area contributed by atoms with Gasteiger partial charge in [-0.05, 0) is 44.0 Å². The second-order valence-electron chi connectivity index (χ2n) is 8.72. The van der Waals surface area contributed by atoms with Gasteiger partial charge in [0.25, 0.3) is 5.89 Å². The Morgan fingerprint density at radius 2 is 1.69 bits per heavy atom. The van der Waals surface area contributed by atoms with E-state index in [1.807, 2.05) is 67.7 Å². The average Bonchev–Trinajstić information content (AvgIpc) is 3.32. The van der Waals surface area contributed by atoms with Crippen LogP contribution in [0, 0.1) is 5.92 Å². The van der Waals surface area contributed by atoms with E-state index in [1.54, 1.807) is 0 Å². The molecule has 4 rings (SSSR count). The Hall–Kier alpha value is -2.70. The molecule has 1 heterocycles. The zero-order valence-electron chi connectivity index (χ0n) is 18.8. The zero-order chi connectivity index (χ0) is 22.2. The molecular formula is C26H33N3O3. The highest BCUT2D eigenvalue weighted by atomic mass is 16.5. The van der Waals surface area contributed by atoms with E-state index in [0.717, 1.165) is 50.0 Å². The second-order valence-corrected chi connectivity index (χ2v) is 8.72. The lowest BCUT2D eigenvalue weighted by atomic mass is 9.73. The van der Waals surface area contributed by atoms with Crippen LogP contribution in [0.5, 0.6) is 5.75 Å². The highest BCUT2D eigenvalue weighted by Crippen LogP contribution is 2.43. The van der Waals surface area contributed by atoms with E-state index in [-0.39, 0.29) is 5.92 Å². The summed E-state index contributed by atoms with van der Waals surface area (Å²) in [6.07, 6.45) is 6.27. The van der Waals surface area contributed by atoms with Gasteiger partial charge >= 0.3 is 0 Å². The molecule has 1 aliphatic rings. The van der Waals surface area contributed by atoms with E-state index in [1.165, 1.54) is 6.42 Å². The van der Waals surface area contributed by atoms with E-state index < -0.39 is 5.60 Å². The average molecular weight is 436 g/mol. The Kier molecular flexibility index (Phi) is 7.55.